The Bertz CT molecular complexity index is 768. The summed E-state index contributed by atoms with van der Waals surface area (Å²) in [5.41, 5.74) is 0.105. The molecule has 0 saturated carbocycles. The molecule has 144 valence electrons. The number of benzene rings is 1. The lowest BCUT2D eigenvalue weighted by Gasteiger charge is -2.31. The van der Waals surface area contributed by atoms with Crippen LogP contribution in [-0.4, -0.2) is 50.5 Å². The second-order valence-electron chi connectivity index (χ2n) is 6.93. The minimum atomic E-state index is -4.16. The zero-order valence-corrected chi connectivity index (χ0v) is 15.6. The molecule has 2 heterocycles. The largest absolute Gasteiger partial charge is 0.506 e. The molecule has 2 aliphatic heterocycles. The summed E-state index contributed by atoms with van der Waals surface area (Å²) in [6.45, 7) is 4.46. The van der Waals surface area contributed by atoms with Crippen molar-refractivity contribution in [3.63, 3.8) is 0 Å². The molecule has 1 aromatic rings. The van der Waals surface area contributed by atoms with Gasteiger partial charge in [0.1, 0.15) is 18.0 Å². The predicted octanol–water partition coefficient (Wildman–Crippen LogP) is 1.38. The van der Waals surface area contributed by atoms with E-state index in [4.69, 9.17) is 0 Å². The van der Waals surface area contributed by atoms with Gasteiger partial charge in [0.15, 0.2) is 5.82 Å². The number of rotatable bonds is 5. The summed E-state index contributed by atoms with van der Waals surface area (Å²) in [4.78, 5) is 13.6. The zero-order valence-electron chi connectivity index (χ0n) is 14.7. The summed E-state index contributed by atoms with van der Waals surface area (Å²) in [6, 6.07) is 2.60. The Balaban J connectivity index is 1.69. The number of likely N-dealkylation sites (tertiary alicyclic amines) is 1. The number of amides is 1. The van der Waals surface area contributed by atoms with E-state index in [0.29, 0.717) is 16.3 Å². The van der Waals surface area contributed by atoms with Gasteiger partial charge >= 0.3 is 10.2 Å². The number of hydrogen-bond acceptors (Lipinski definition) is 5. The molecule has 0 aliphatic carbocycles. The highest BCUT2D eigenvalue weighted by Crippen LogP contribution is 2.34. The fraction of sp³-hybridized carbons (Fsp3) is 0.588. The molecule has 0 bridgehead atoms. The van der Waals surface area contributed by atoms with Crippen LogP contribution in [0.1, 0.15) is 31.7 Å². The molecule has 2 fully saturated rings. The van der Waals surface area contributed by atoms with E-state index < -0.39 is 39.9 Å². The molecule has 9 heteroatoms. The van der Waals surface area contributed by atoms with Gasteiger partial charge in [0.2, 0.25) is 0 Å². The summed E-state index contributed by atoms with van der Waals surface area (Å²) in [5, 5.41) is 10.2. The summed E-state index contributed by atoms with van der Waals surface area (Å²) < 4.78 is 40.5. The second-order valence-corrected chi connectivity index (χ2v) is 8.52. The van der Waals surface area contributed by atoms with Crippen molar-refractivity contribution in [3.8, 4) is 5.75 Å². The van der Waals surface area contributed by atoms with Crippen LogP contribution in [0, 0.1) is 11.7 Å². The molecule has 0 radical (unpaired) electrons. The van der Waals surface area contributed by atoms with Crippen LogP contribution in [0.25, 0.3) is 0 Å². The third-order valence-electron chi connectivity index (χ3n) is 5.17. The molecule has 0 atom stereocenters. The second kappa shape index (κ2) is 7.40. The van der Waals surface area contributed by atoms with E-state index in [0.717, 1.165) is 25.6 Å². The van der Waals surface area contributed by atoms with Crippen LogP contribution in [0.5, 0.6) is 5.75 Å². The van der Waals surface area contributed by atoms with Gasteiger partial charge in [0.05, 0.1) is 0 Å². The molecule has 0 aromatic heterocycles. The first kappa shape index (κ1) is 18.9. The van der Waals surface area contributed by atoms with Crippen LogP contribution in [0.4, 0.5) is 10.1 Å². The maximum absolute atomic E-state index is 14.5. The molecule has 2 aliphatic rings. The molecule has 2 N–H and O–H groups in total. The van der Waals surface area contributed by atoms with Crippen molar-refractivity contribution in [1.82, 2.24) is 9.62 Å². The van der Waals surface area contributed by atoms with Crippen molar-refractivity contribution in [3.05, 3.63) is 23.5 Å². The summed E-state index contributed by atoms with van der Waals surface area (Å²) in [6.07, 6.45) is 4.10. The van der Waals surface area contributed by atoms with Crippen molar-refractivity contribution in [2.24, 2.45) is 5.92 Å². The molecule has 3 rings (SSSR count). The van der Waals surface area contributed by atoms with Gasteiger partial charge in [-0.25, -0.2) is 13.4 Å². The highest BCUT2D eigenvalue weighted by atomic mass is 32.2. The van der Waals surface area contributed by atoms with E-state index in [1.165, 1.54) is 31.4 Å². The Hall–Kier alpha value is -1.87. The van der Waals surface area contributed by atoms with Crippen LogP contribution >= 0.6 is 0 Å². The number of phenolic OH excluding ortho intramolecular Hbond substituents is 1. The van der Waals surface area contributed by atoms with Crippen LogP contribution in [0.15, 0.2) is 12.1 Å². The maximum atomic E-state index is 14.5. The van der Waals surface area contributed by atoms with Crippen molar-refractivity contribution in [2.75, 3.05) is 30.5 Å². The molecule has 26 heavy (non-hydrogen) atoms. The van der Waals surface area contributed by atoms with Gasteiger partial charge in [0.25, 0.3) is 5.91 Å². The fourth-order valence-corrected chi connectivity index (χ4v) is 4.75. The Labute approximate surface area is 153 Å². The lowest BCUT2D eigenvalue weighted by molar-refractivity contribution is -0.117. The first-order valence-corrected chi connectivity index (χ1v) is 10.3. The minimum absolute atomic E-state index is 0.482. The van der Waals surface area contributed by atoms with Gasteiger partial charge in [-0.1, -0.05) is 13.3 Å². The van der Waals surface area contributed by atoms with E-state index in [2.05, 4.69) is 11.8 Å². The minimum Gasteiger partial charge on any atom is -0.506 e. The van der Waals surface area contributed by atoms with Crippen LogP contribution in [-0.2, 0) is 21.4 Å². The monoisotopic (exact) mass is 385 g/mol. The van der Waals surface area contributed by atoms with E-state index in [-0.39, 0.29) is 0 Å². The zero-order chi connectivity index (χ0) is 18.9. The molecular formula is C17H24FN3O4S. The average molecular weight is 385 g/mol. The number of phenols is 1. The van der Waals surface area contributed by atoms with E-state index in [1.54, 1.807) is 4.72 Å². The maximum Gasteiger partial charge on any atom is 0.326 e. The molecular weight excluding hydrogens is 361 g/mol. The SMILES string of the molecule is CCC1CCN(CCc2cc(O)c(N3CC(=O)NS3(=O)=O)c(F)c2)CC1. The number of carbonyl (C=O) groups is 1. The average Bonchev–Trinajstić information content (AvgIpc) is 2.85. The third-order valence-corrected chi connectivity index (χ3v) is 6.55. The number of nitrogens with zero attached hydrogens (tertiary/aromatic N) is 2. The molecule has 1 aromatic carbocycles. The van der Waals surface area contributed by atoms with Gasteiger partial charge in [-0.05, 0) is 56.0 Å². The summed E-state index contributed by atoms with van der Waals surface area (Å²) in [5.74, 6) is -1.32. The highest BCUT2D eigenvalue weighted by Gasteiger charge is 2.37. The smallest absolute Gasteiger partial charge is 0.326 e. The van der Waals surface area contributed by atoms with Gasteiger partial charge in [-0.2, -0.15) is 8.42 Å². The van der Waals surface area contributed by atoms with Crippen molar-refractivity contribution >= 4 is 21.8 Å². The first-order chi connectivity index (χ1) is 12.3. The number of carbonyl (C=O) groups excluding carboxylic acids is 1. The molecule has 0 unspecified atom stereocenters. The summed E-state index contributed by atoms with van der Waals surface area (Å²) in [7, 11) is -4.16. The fourth-order valence-electron chi connectivity index (χ4n) is 3.58. The van der Waals surface area contributed by atoms with Crippen molar-refractivity contribution < 1.29 is 22.7 Å². The van der Waals surface area contributed by atoms with Crippen molar-refractivity contribution in [2.45, 2.75) is 32.6 Å². The summed E-state index contributed by atoms with van der Waals surface area (Å²) >= 11 is 0. The third kappa shape index (κ3) is 3.93. The van der Waals surface area contributed by atoms with Gasteiger partial charge in [-0.15, -0.1) is 0 Å². The van der Waals surface area contributed by atoms with Crippen molar-refractivity contribution in [1.29, 1.82) is 0 Å². The first-order valence-electron chi connectivity index (χ1n) is 8.87. The van der Waals surface area contributed by atoms with Gasteiger partial charge < -0.3 is 10.0 Å². The van der Waals surface area contributed by atoms with Crippen LogP contribution in [0.2, 0.25) is 0 Å². The standard InChI is InChI=1S/C17H24FN3O4S/c1-2-12-3-6-20(7-4-12)8-5-13-9-14(18)17(15(22)10-13)21-11-16(23)19-26(21,24)25/h9-10,12,22H,2-8,11H2,1H3,(H,19,23). The van der Waals surface area contributed by atoms with Gasteiger partial charge in [0, 0.05) is 6.54 Å². The number of hydrogen-bond donors (Lipinski definition) is 2. The number of halogens is 1. The lowest BCUT2D eigenvalue weighted by Crippen LogP contribution is -2.35. The Morgan fingerprint density at radius 1 is 1.31 bits per heavy atom. The molecule has 2 saturated heterocycles. The highest BCUT2D eigenvalue weighted by molar-refractivity contribution is 7.92. The predicted molar refractivity (Wildman–Crippen MR) is 95.6 cm³/mol. The number of anilines is 1. The van der Waals surface area contributed by atoms with Gasteiger partial charge in [-0.3, -0.25) is 4.79 Å². The van der Waals surface area contributed by atoms with E-state index in [1.807, 2.05) is 0 Å². The normalized spacial score (nSPS) is 21.2. The lowest BCUT2D eigenvalue weighted by atomic mass is 9.94. The topological polar surface area (TPSA) is 89.9 Å². The number of nitrogens with one attached hydrogen (secondary N) is 1. The molecule has 0 spiro atoms. The Morgan fingerprint density at radius 3 is 2.54 bits per heavy atom. The quantitative estimate of drug-likeness (QED) is 0.799. The Morgan fingerprint density at radius 2 is 2.00 bits per heavy atom. The van der Waals surface area contributed by atoms with E-state index >= 15 is 0 Å². The van der Waals surface area contributed by atoms with E-state index in [9.17, 15) is 22.7 Å². The van der Waals surface area contributed by atoms with Crippen LogP contribution in [0.3, 0.4) is 0 Å². The molecule has 7 nitrogen and oxygen atoms in total. The Kier molecular flexibility index (Phi) is 5.38. The molecule has 1 amide bonds. The number of aromatic hydroxyl groups is 1. The number of piperidine rings is 1. The van der Waals surface area contributed by atoms with Crippen LogP contribution < -0.4 is 9.03 Å².